The number of benzene rings is 1. The van der Waals surface area contributed by atoms with Crippen molar-refractivity contribution in [2.24, 2.45) is 11.8 Å². The van der Waals surface area contributed by atoms with Gasteiger partial charge in [-0.3, -0.25) is 10.8 Å². The van der Waals surface area contributed by atoms with Crippen LogP contribution in [0.15, 0.2) is 18.2 Å². The molecule has 0 bridgehead atoms. The molecule has 1 aromatic heterocycles. The van der Waals surface area contributed by atoms with Gasteiger partial charge in [-0.05, 0) is 24.5 Å². The molecule has 96 valence electrons. The van der Waals surface area contributed by atoms with Crippen LogP contribution in [0.1, 0.15) is 19.5 Å². The molecule has 3 nitrogen and oxygen atoms in total. The molecule has 0 unspecified atom stereocenters. The van der Waals surface area contributed by atoms with E-state index in [1.165, 1.54) is 0 Å². The highest BCUT2D eigenvalue weighted by Crippen LogP contribution is 2.25. The number of anilines is 1. The SMILES string of the molecule is CC(C)Cc1cc(NN)c2cc(F)c(F)cc2n1. The Labute approximate surface area is 104 Å². The molecule has 18 heavy (non-hydrogen) atoms. The first-order valence-corrected chi connectivity index (χ1v) is 5.76. The van der Waals surface area contributed by atoms with Crippen molar-refractivity contribution in [2.75, 3.05) is 5.43 Å². The highest BCUT2D eigenvalue weighted by molar-refractivity contribution is 5.91. The van der Waals surface area contributed by atoms with Crippen molar-refractivity contribution < 1.29 is 8.78 Å². The molecule has 0 amide bonds. The summed E-state index contributed by atoms with van der Waals surface area (Å²) in [4.78, 5) is 4.32. The molecule has 0 saturated carbocycles. The predicted octanol–water partition coefficient (Wildman–Crippen LogP) is 3.00. The summed E-state index contributed by atoms with van der Waals surface area (Å²) in [7, 11) is 0. The third-order valence-corrected chi connectivity index (χ3v) is 2.68. The van der Waals surface area contributed by atoms with Gasteiger partial charge in [0.2, 0.25) is 0 Å². The van der Waals surface area contributed by atoms with Crippen LogP contribution in [-0.4, -0.2) is 4.98 Å². The quantitative estimate of drug-likeness (QED) is 0.651. The minimum atomic E-state index is -0.905. The number of fused-ring (bicyclic) bond motifs is 1. The number of nitrogens with zero attached hydrogens (tertiary/aromatic N) is 1. The largest absolute Gasteiger partial charge is 0.323 e. The number of nitrogen functional groups attached to an aromatic ring is 1. The molecule has 0 aliphatic heterocycles. The second-order valence-electron chi connectivity index (χ2n) is 4.69. The number of aromatic nitrogens is 1. The zero-order valence-electron chi connectivity index (χ0n) is 10.3. The first-order valence-electron chi connectivity index (χ1n) is 5.76. The number of nitrogens with two attached hydrogens (primary N) is 1. The lowest BCUT2D eigenvalue weighted by atomic mass is 10.1. The Balaban J connectivity index is 2.63. The van der Waals surface area contributed by atoms with Gasteiger partial charge in [-0.15, -0.1) is 0 Å². The lowest BCUT2D eigenvalue weighted by Gasteiger charge is -2.10. The van der Waals surface area contributed by atoms with Gasteiger partial charge in [0.25, 0.3) is 0 Å². The second-order valence-corrected chi connectivity index (χ2v) is 4.69. The van der Waals surface area contributed by atoms with E-state index in [0.29, 0.717) is 22.5 Å². The maximum Gasteiger partial charge on any atom is 0.161 e. The molecule has 2 rings (SSSR count). The van der Waals surface area contributed by atoms with E-state index in [0.717, 1.165) is 24.2 Å². The fraction of sp³-hybridized carbons (Fsp3) is 0.308. The average Bonchev–Trinajstić information content (AvgIpc) is 2.29. The molecule has 0 spiro atoms. The van der Waals surface area contributed by atoms with E-state index < -0.39 is 11.6 Å². The van der Waals surface area contributed by atoms with E-state index in [1.807, 2.05) is 0 Å². The molecule has 1 aromatic carbocycles. The number of hydrogen-bond donors (Lipinski definition) is 2. The topological polar surface area (TPSA) is 50.9 Å². The lowest BCUT2D eigenvalue weighted by Crippen LogP contribution is -2.09. The number of halogens is 2. The molecular weight excluding hydrogens is 236 g/mol. The highest BCUT2D eigenvalue weighted by atomic mass is 19.2. The normalized spacial score (nSPS) is 11.2. The van der Waals surface area contributed by atoms with Crippen LogP contribution < -0.4 is 11.3 Å². The Bertz CT molecular complexity index is 582. The fourth-order valence-electron chi connectivity index (χ4n) is 1.92. The third-order valence-electron chi connectivity index (χ3n) is 2.68. The Morgan fingerprint density at radius 2 is 1.89 bits per heavy atom. The molecule has 3 N–H and O–H groups in total. The molecule has 0 radical (unpaired) electrons. The summed E-state index contributed by atoms with van der Waals surface area (Å²) < 4.78 is 26.4. The molecule has 0 fully saturated rings. The fourth-order valence-corrected chi connectivity index (χ4v) is 1.92. The second kappa shape index (κ2) is 4.86. The number of nitrogens with one attached hydrogen (secondary N) is 1. The Morgan fingerprint density at radius 3 is 2.50 bits per heavy atom. The van der Waals surface area contributed by atoms with Crippen LogP contribution in [0.5, 0.6) is 0 Å². The lowest BCUT2D eigenvalue weighted by molar-refractivity contribution is 0.510. The average molecular weight is 251 g/mol. The molecule has 0 atom stereocenters. The van der Waals surface area contributed by atoms with Crippen LogP contribution in [-0.2, 0) is 6.42 Å². The summed E-state index contributed by atoms with van der Waals surface area (Å²) in [5.41, 5.74) is 4.26. The van der Waals surface area contributed by atoms with Gasteiger partial charge in [0, 0.05) is 17.1 Å². The van der Waals surface area contributed by atoms with Crippen LogP contribution in [0, 0.1) is 17.6 Å². The van der Waals surface area contributed by atoms with E-state index in [-0.39, 0.29) is 0 Å². The van der Waals surface area contributed by atoms with Gasteiger partial charge in [-0.2, -0.15) is 0 Å². The number of hydrogen-bond acceptors (Lipinski definition) is 3. The van der Waals surface area contributed by atoms with E-state index in [1.54, 1.807) is 6.07 Å². The third kappa shape index (κ3) is 2.41. The first kappa shape index (κ1) is 12.7. The van der Waals surface area contributed by atoms with E-state index in [4.69, 9.17) is 5.84 Å². The summed E-state index contributed by atoms with van der Waals surface area (Å²) >= 11 is 0. The van der Waals surface area contributed by atoms with Gasteiger partial charge < -0.3 is 5.43 Å². The van der Waals surface area contributed by atoms with Crippen LogP contribution in [0.25, 0.3) is 10.9 Å². The van der Waals surface area contributed by atoms with Crippen LogP contribution in [0.3, 0.4) is 0 Å². The van der Waals surface area contributed by atoms with Crippen molar-refractivity contribution in [3.8, 4) is 0 Å². The molecule has 0 aliphatic carbocycles. The van der Waals surface area contributed by atoms with Crippen molar-refractivity contribution in [2.45, 2.75) is 20.3 Å². The van der Waals surface area contributed by atoms with Crippen molar-refractivity contribution in [3.05, 3.63) is 35.5 Å². The van der Waals surface area contributed by atoms with E-state index in [2.05, 4.69) is 24.3 Å². The minimum Gasteiger partial charge on any atom is -0.323 e. The Kier molecular flexibility index (Phi) is 3.43. The maximum absolute atomic E-state index is 13.2. The first-order chi connectivity index (χ1) is 8.51. The smallest absolute Gasteiger partial charge is 0.161 e. The molecule has 1 heterocycles. The summed E-state index contributed by atoms with van der Waals surface area (Å²) in [6, 6.07) is 3.96. The zero-order chi connectivity index (χ0) is 13.3. The Hall–Kier alpha value is -1.75. The van der Waals surface area contributed by atoms with Crippen LogP contribution in [0.2, 0.25) is 0 Å². The summed E-state index contributed by atoms with van der Waals surface area (Å²) in [5, 5.41) is 0.476. The predicted molar refractivity (Wildman–Crippen MR) is 68.0 cm³/mol. The van der Waals surface area contributed by atoms with Gasteiger partial charge in [0.05, 0.1) is 11.2 Å². The highest BCUT2D eigenvalue weighted by Gasteiger charge is 2.11. The molecule has 2 aromatic rings. The summed E-state index contributed by atoms with van der Waals surface area (Å²) in [6.07, 6.45) is 0.754. The monoisotopic (exact) mass is 251 g/mol. The zero-order valence-corrected chi connectivity index (χ0v) is 10.3. The van der Waals surface area contributed by atoms with Crippen molar-refractivity contribution in [3.63, 3.8) is 0 Å². The minimum absolute atomic E-state index is 0.403. The van der Waals surface area contributed by atoms with Crippen molar-refractivity contribution in [1.82, 2.24) is 4.98 Å². The van der Waals surface area contributed by atoms with Crippen molar-refractivity contribution in [1.29, 1.82) is 0 Å². The van der Waals surface area contributed by atoms with E-state index >= 15 is 0 Å². The van der Waals surface area contributed by atoms with Crippen LogP contribution in [0.4, 0.5) is 14.5 Å². The maximum atomic E-state index is 13.2. The molecule has 0 aliphatic rings. The van der Waals surface area contributed by atoms with Gasteiger partial charge >= 0.3 is 0 Å². The van der Waals surface area contributed by atoms with Gasteiger partial charge in [-0.25, -0.2) is 8.78 Å². The number of rotatable bonds is 3. The van der Waals surface area contributed by atoms with Gasteiger partial charge in [-0.1, -0.05) is 13.8 Å². The Morgan fingerprint density at radius 1 is 1.22 bits per heavy atom. The molecular formula is C13H15F2N3. The molecule has 5 heteroatoms. The number of hydrazine groups is 1. The number of pyridine rings is 1. The van der Waals surface area contributed by atoms with E-state index in [9.17, 15) is 8.78 Å². The standard InChI is InChI=1S/C13H15F2N3/c1-7(2)3-8-4-13(18-16)9-5-10(14)11(15)6-12(9)17-8/h4-7H,3,16H2,1-2H3,(H,17,18). The van der Waals surface area contributed by atoms with Crippen LogP contribution >= 0.6 is 0 Å². The summed E-state index contributed by atoms with van der Waals surface area (Å²) in [6.45, 7) is 4.12. The summed E-state index contributed by atoms with van der Waals surface area (Å²) in [5.74, 6) is 4.02. The van der Waals surface area contributed by atoms with Gasteiger partial charge in [0.1, 0.15) is 0 Å². The molecule has 0 saturated heterocycles. The van der Waals surface area contributed by atoms with Crippen molar-refractivity contribution >= 4 is 16.6 Å². The van der Waals surface area contributed by atoms with Gasteiger partial charge in [0.15, 0.2) is 11.6 Å².